The molecular formula is C15H21N. The Morgan fingerprint density at radius 3 is 2.38 bits per heavy atom. The van der Waals surface area contributed by atoms with E-state index in [1.54, 1.807) is 0 Å². The van der Waals surface area contributed by atoms with Crippen LogP contribution in [0.4, 0.5) is 5.69 Å². The molecular weight excluding hydrogens is 194 g/mol. The fourth-order valence-corrected chi connectivity index (χ4v) is 1.55. The van der Waals surface area contributed by atoms with Gasteiger partial charge in [0.25, 0.3) is 0 Å². The number of nitrogens with two attached hydrogens (primary N) is 1. The van der Waals surface area contributed by atoms with Crippen LogP contribution in [-0.2, 0) is 0 Å². The lowest BCUT2D eigenvalue weighted by molar-refractivity contribution is 0.641. The molecule has 86 valence electrons. The number of rotatable bonds is 5. The number of nitrogen functional groups attached to an aromatic ring is 1. The average Bonchev–Trinajstić information content (AvgIpc) is 2.30. The van der Waals surface area contributed by atoms with Crippen LogP contribution in [0.15, 0.2) is 24.3 Å². The van der Waals surface area contributed by atoms with Crippen molar-refractivity contribution in [3.8, 4) is 11.8 Å². The monoisotopic (exact) mass is 215 g/mol. The van der Waals surface area contributed by atoms with E-state index in [0.717, 1.165) is 17.7 Å². The fraction of sp³-hybridized carbons (Fsp3) is 0.467. The minimum Gasteiger partial charge on any atom is -0.399 e. The summed E-state index contributed by atoms with van der Waals surface area (Å²) >= 11 is 0. The molecule has 0 aliphatic rings. The van der Waals surface area contributed by atoms with E-state index in [1.165, 1.54) is 32.1 Å². The first-order valence-corrected chi connectivity index (χ1v) is 6.17. The van der Waals surface area contributed by atoms with E-state index in [2.05, 4.69) is 18.8 Å². The van der Waals surface area contributed by atoms with Crippen LogP contribution in [-0.4, -0.2) is 0 Å². The predicted octanol–water partition coefficient (Wildman–Crippen LogP) is 3.98. The van der Waals surface area contributed by atoms with E-state index in [9.17, 15) is 0 Å². The number of hydrogen-bond donors (Lipinski definition) is 1. The van der Waals surface area contributed by atoms with Gasteiger partial charge in [0.2, 0.25) is 0 Å². The van der Waals surface area contributed by atoms with Crippen molar-refractivity contribution < 1.29 is 0 Å². The van der Waals surface area contributed by atoms with Gasteiger partial charge in [-0.25, -0.2) is 0 Å². The smallest absolute Gasteiger partial charge is 0.0314 e. The summed E-state index contributed by atoms with van der Waals surface area (Å²) in [5, 5.41) is 0. The Hall–Kier alpha value is -1.42. The first-order chi connectivity index (χ1) is 7.83. The van der Waals surface area contributed by atoms with Crippen molar-refractivity contribution in [3.05, 3.63) is 29.8 Å². The normalized spacial score (nSPS) is 9.56. The lowest BCUT2D eigenvalue weighted by Crippen LogP contribution is -1.83. The molecule has 0 saturated heterocycles. The molecule has 0 aliphatic heterocycles. The zero-order chi connectivity index (χ0) is 11.6. The van der Waals surface area contributed by atoms with Crippen molar-refractivity contribution >= 4 is 5.69 Å². The maximum absolute atomic E-state index is 5.60. The Bertz CT molecular complexity index is 340. The van der Waals surface area contributed by atoms with Gasteiger partial charge in [-0.15, -0.1) is 0 Å². The Kier molecular flexibility index (Phi) is 6.18. The van der Waals surface area contributed by atoms with E-state index >= 15 is 0 Å². The first kappa shape index (κ1) is 12.6. The summed E-state index contributed by atoms with van der Waals surface area (Å²) in [5.41, 5.74) is 7.46. The van der Waals surface area contributed by atoms with Gasteiger partial charge in [0, 0.05) is 17.7 Å². The Morgan fingerprint density at radius 1 is 1.00 bits per heavy atom. The van der Waals surface area contributed by atoms with Crippen molar-refractivity contribution in [2.24, 2.45) is 0 Å². The SMILES string of the molecule is CCCCCCCC#Cc1ccc(N)cc1. The Balaban J connectivity index is 2.20. The van der Waals surface area contributed by atoms with Gasteiger partial charge < -0.3 is 5.73 Å². The van der Waals surface area contributed by atoms with Crippen LogP contribution in [0.2, 0.25) is 0 Å². The van der Waals surface area contributed by atoms with Crippen LogP contribution >= 0.6 is 0 Å². The van der Waals surface area contributed by atoms with E-state index in [-0.39, 0.29) is 0 Å². The fourth-order valence-electron chi connectivity index (χ4n) is 1.55. The van der Waals surface area contributed by atoms with Gasteiger partial charge in [-0.05, 0) is 30.7 Å². The van der Waals surface area contributed by atoms with Gasteiger partial charge in [-0.1, -0.05) is 44.4 Å². The molecule has 0 bridgehead atoms. The zero-order valence-electron chi connectivity index (χ0n) is 10.1. The zero-order valence-corrected chi connectivity index (χ0v) is 10.1. The van der Waals surface area contributed by atoms with Crippen LogP contribution in [0.5, 0.6) is 0 Å². The largest absolute Gasteiger partial charge is 0.399 e. The summed E-state index contributed by atoms with van der Waals surface area (Å²) in [7, 11) is 0. The second-order valence-corrected chi connectivity index (χ2v) is 4.09. The van der Waals surface area contributed by atoms with Crippen LogP contribution in [0, 0.1) is 11.8 Å². The molecule has 1 nitrogen and oxygen atoms in total. The van der Waals surface area contributed by atoms with Crippen molar-refractivity contribution in [1.29, 1.82) is 0 Å². The summed E-state index contributed by atoms with van der Waals surface area (Å²) in [6, 6.07) is 7.73. The number of unbranched alkanes of at least 4 members (excludes halogenated alkanes) is 5. The van der Waals surface area contributed by atoms with Gasteiger partial charge in [-0.3, -0.25) is 0 Å². The number of benzene rings is 1. The highest BCUT2D eigenvalue weighted by Crippen LogP contribution is 2.05. The molecule has 1 rings (SSSR count). The van der Waals surface area contributed by atoms with Crippen molar-refractivity contribution in [2.45, 2.75) is 45.4 Å². The molecule has 0 fully saturated rings. The molecule has 0 aromatic heterocycles. The second kappa shape index (κ2) is 7.82. The lowest BCUT2D eigenvalue weighted by Gasteiger charge is -1.95. The Labute approximate surface area is 99.1 Å². The maximum Gasteiger partial charge on any atom is 0.0314 e. The van der Waals surface area contributed by atoms with Gasteiger partial charge in [-0.2, -0.15) is 0 Å². The molecule has 0 heterocycles. The van der Waals surface area contributed by atoms with E-state index < -0.39 is 0 Å². The molecule has 1 heteroatoms. The van der Waals surface area contributed by atoms with Crippen molar-refractivity contribution in [3.63, 3.8) is 0 Å². The Morgan fingerprint density at radius 2 is 1.69 bits per heavy atom. The van der Waals surface area contributed by atoms with Crippen molar-refractivity contribution in [1.82, 2.24) is 0 Å². The standard InChI is InChI=1S/C15H21N/c1-2-3-4-5-6-7-8-9-14-10-12-15(16)13-11-14/h10-13H,2-7,16H2,1H3. The first-order valence-electron chi connectivity index (χ1n) is 6.17. The number of hydrogen-bond acceptors (Lipinski definition) is 1. The third-order valence-electron chi connectivity index (χ3n) is 2.55. The molecule has 2 N–H and O–H groups in total. The summed E-state index contributed by atoms with van der Waals surface area (Å²) in [6.45, 7) is 2.24. The average molecular weight is 215 g/mol. The van der Waals surface area contributed by atoms with Gasteiger partial charge in [0.05, 0.1) is 0 Å². The van der Waals surface area contributed by atoms with Crippen LogP contribution in [0.3, 0.4) is 0 Å². The van der Waals surface area contributed by atoms with Gasteiger partial charge >= 0.3 is 0 Å². The molecule has 0 spiro atoms. The molecule has 0 aliphatic carbocycles. The lowest BCUT2D eigenvalue weighted by atomic mass is 10.1. The summed E-state index contributed by atoms with van der Waals surface area (Å²) in [4.78, 5) is 0. The van der Waals surface area contributed by atoms with E-state index in [4.69, 9.17) is 5.73 Å². The topological polar surface area (TPSA) is 26.0 Å². The highest BCUT2D eigenvalue weighted by atomic mass is 14.5. The van der Waals surface area contributed by atoms with Gasteiger partial charge in [0.1, 0.15) is 0 Å². The molecule has 0 unspecified atom stereocenters. The minimum absolute atomic E-state index is 0.796. The quantitative estimate of drug-likeness (QED) is 0.449. The molecule has 1 aromatic carbocycles. The van der Waals surface area contributed by atoms with Gasteiger partial charge in [0.15, 0.2) is 0 Å². The maximum atomic E-state index is 5.60. The third-order valence-corrected chi connectivity index (χ3v) is 2.55. The van der Waals surface area contributed by atoms with Crippen LogP contribution in [0.25, 0.3) is 0 Å². The molecule has 0 radical (unpaired) electrons. The summed E-state index contributed by atoms with van der Waals surface area (Å²) in [6.07, 6.45) is 7.54. The molecule has 1 aromatic rings. The summed E-state index contributed by atoms with van der Waals surface area (Å²) < 4.78 is 0. The second-order valence-electron chi connectivity index (χ2n) is 4.09. The van der Waals surface area contributed by atoms with E-state index in [0.29, 0.717) is 0 Å². The minimum atomic E-state index is 0.796. The van der Waals surface area contributed by atoms with Crippen LogP contribution in [0.1, 0.15) is 51.0 Å². The third kappa shape index (κ3) is 5.46. The molecule has 0 amide bonds. The highest BCUT2D eigenvalue weighted by Gasteiger charge is 1.87. The summed E-state index contributed by atoms with van der Waals surface area (Å²) in [5.74, 6) is 6.36. The number of anilines is 1. The highest BCUT2D eigenvalue weighted by molar-refractivity contribution is 5.44. The molecule has 0 saturated carbocycles. The van der Waals surface area contributed by atoms with Crippen LogP contribution < -0.4 is 5.73 Å². The molecule has 0 atom stereocenters. The predicted molar refractivity (Wildman–Crippen MR) is 71.1 cm³/mol. The van der Waals surface area contributed by atoms with Crippen molar-refractivity contribution in [2.75, 3.05) is 5.73 Å². The van der Waals surface area contributed by atoms with E-state index in [1.807, 2.05) is 24.3 Å². The molecule has 16 heavy (non-hydrogen) atoms.